The number of nitrogens with one attached hydrogen (secondary N) is 1. The van der Waals surface area contributed by atoms with Crippen LogP contribution in [0.5, 0.6) is 0 Å². The second-order valence-electron chi connectivity index (χ2n) is 7.17. The van der Waals surface area contributed by atoms with E-state index in [-0.39, 0.29) is 34.8 Å². The van der Waals surface area contributed by atoms with Crippen molar-refractivity contribution in [2.75, 3.05) is 5.75 Å². The predicted octanol–water partition coefficient (Wildman–Crippen LogP) is 4.41. The van der Waals surface area contributed by atoms with Crippen molar-refractivity contribution in [1.82, 2.24) is 15.3 Å². The van der Waals surface area contributed by atoms with Crippen molar-refractivity contribution >= 4 is 17.7 Å². The summed E-state index contributed by atoms with van der Waals surface area (Å²) in [6.45, 7) is 0. The van der Waals surface area contributed by atoms with Crippen molar-refractivity contribution in [3.05, 3.63) is 41.1 Å². The molecule has 0 saturated heterocycles. The second kappa shape index (κ2) is 7.73. The maximum Gasteiger partial charge on any atom is 0.433 e. The second-order valence-corrected chi connectivity index (χ2v) is 8.12. The maximum atomic E-state index is 13.6. The highest BCUT2D eigenvalue weighted by atomic mass is 32.2. The van der Waals surface area contributed by atoms with Crippen LogP contribution in [0.4, 0.5) is 13.2 Å². The zero-order valence-corrected chi connectivity index (χ0v) is 16.0. The lowest BCUT2D eigenvalue weighted by Crippen LogP contribution is -2.33. The van der Waals surface area contributed by atoms with Gasteiger partial charge >= 0.3 is 6.18 Å². The van der Waals surface area contributed by atoms with Crippen LogP contribution in [0.15, 0.2) is 29.4 Å². The number of carbonyl (C=O) groups excluding carboxylic acids is 1. The van der Waals surface area contributed by atoms with Gasteiger partial charge in [0.05, 0.1) is 11.4 Å². The average Bonchev–Trinajstić information content (AvgIpc) is 3.17. The molecule has 0 spiro atoms. The molecule has 1 N–H and O–H groups in total. The van der Waals surface area contributed by atoms with E-state index in [1.165, 1.54) is 0 Å². The van der Waals surface area contributed by atoms with Crippen LogP contribution < -0.4 is 5.32 Å². The van der Waals surface area contributed by atoms with Crippen LogP contribution >= 0.6 is 11.8 Å². The highest BCUT2D eigenvalue weighted by Gasteiger charge is 2.38. The van der Waals surface area contributed by atoms with Gasteiger partial charge in [0.1, 0.15) is 0 Å². The molecule has 8 heteroatoms. The third kappa shape index (κ3) is 4.01. The number of halogens is 3. The molecule has 1 fully saturated rings. The van der Waals surface area contributed by atoms with Gasteiger partial charge in [-0.25, -0.2) is 9.97 Å². The van der Waals surface area contributed by atoms with Gasteiger partial charge in [0.15, 0.2) is 10.9 Å². The molecule has 2 aliphatic rings. The van der Waals surface area contributed by atoms with E-state index >= 15 is 0 Å². The number of aromatic nitrogens is 2. The Morgan fingerprint density at radius 1 is 1.14 bits per heavy atom. The summed E-state index contributed by atoms with van der Waals surface area (Å²) >= 11 is 0.955. The predicted molar refractivity (Wildman–Crippen MR) is 101 cm³/mol. The van der Waals surface area contributed by atoms with E-state index in [0.29, 0.717) is 17.7 Å². The molecule has 1 saturated carbocycles. The number of aryl methyl sites for hydroxylation is 1. The minimum atomic E-state index is -4.55. The Morgan fingerprint density at radius 2 is 1.89 bits per heavy atom. The number of benzene rings is 1. The summed E-state index contributed by atoms with van der Waals surface area (Å²) < 4.78 is 40.9. The number of carbonyl (C=O) groups is 1. The molecule has 148 valence electrons. The van der Waals surface area contributed by atoms with Gasteiger partial charge in [-0.05, 0) is 31.2 Å². The lowest BCUT2D eigenvalue weighted by molar-refractivity contribution is -0.142. The molecular formula is C20H20F3N3OS. The number of amides is 1. The van der Waals surface area contributed by atoms with Gasteiger partial charge in [0.25, 0.3) is 0 Å². The first-order valence-corrected chi connectivity index (χ1v) is 10.4. The molecule has 4 nitrogen and oxygen atoms in total. The Balaban J connectivity index is 1.61. The van der Waals surface area contributed by atoms with Crippen LogP contribution in [0.3, 0.4) is 0 Å². The highest BCUT2D eigenvalue weighted by Crippen LogP contribution is 2.40. The third-order valence-corrected chi connectivity index (χ3v) is 6.07. The molecular weight excluding hydrogens is 387 g/mol. The smallest absolute Gasteiger partial charge is 0.353 e. The standard InChI is InChI=1S/C20H20F3N3OS/c21-20(22,23)18-15-10-9-12-5-1-4-8-14(12)17(15)25-19(26-18)28-11-16(27)24-13-6-2-3-7-13/h1,4-5,8,13H,2-3,6-7,9-11H2,(H,24,27). The Hall–Kier alpha value is -2.09. The summed E-state index contributed by atoms with van der Waals surface area (Å²) in [5, 5.41) is 2.92. The Kier molecular flexibility index (Phi) is 5.31. The highest BCUT2D eigenvalue weighted by molar-refractivity contribution is 7.99. The van der Waals surface area contributed by atoms with Crippen LogP contribution in [-0.2, 0) is 23.8 Å². The topological polar surface area (TPSA) is 54.9 Å². The molecule has 0 aliphatic heterocycles. The van der Waals surface area contributed by atoms with Gasteiger partial charge in [-0.15, -0.1) is 0 Å². The van der Waals surface area contributed by atoms with Crippen LogP contribution in [0, 0.1) is 0 Å². The fourth-order valence-corrected chi connectivity index (χ4v) is 4.58. The van der Waals surface area contributed by atoms with Crippen molar-refractivity contribution < 1.29 is 18.0 Å². The quantitative estimate of drug-likeness (QED) is 0.603. The van der Waals surface area contributed by atoms with Crippen molar-refractivity contribution in [3.63, 3.8) is 0 Å². The summed E-state index contributed by atoms with van der Waals surface area (Å²) in [6.07, 6.45) is 0.350. The largest absolute Gasteiger partial charge is 0.433 e. The van der Waals surface area contributed by atoms with Crippen LogP contribution in [-0.4, -0.2) is 27.7 Å². The van der Waals surface area contributed by atoms with Crippen molar-refractivity contribution in [2.24, 2.45) is 0 Å². The molecule has 2 aliphatic carbocycles. The van der Waals surface area contributed by atoms with Gasteiger partial charge in [0, 0.05) is 17.2 Å². The van der Waals surface area contributed by atoms with Crippen LogP contribution in [0.25, 0.3) is 11.3 Å². The van der Waals surface area contributed by atoms with Gasteiger partial charge in [-0.2, -0.15) is 13.2 Å². The number of hydrogen-bond acceptors (Lipinski definition) is 4. The van der Waals surface area contributed by atoms with Gasteiger partial charge in [-0.3, -0.25) is 4.79 Å². The normalized spacial score (nSPS) is 16.5. The zero-order valence-electron chi connectivity index (χ0n) is 15.2. The van der Waals surface area contributed by atoms with Gasteiger partial charge < -0.3 is 5.32 Å². The first-order valence-electron chi connectivity index (χ1n) is 9.40. The van der Waals surface area contributed by atoms with Crippen LogP contribution in [0.1, 0.15) is 42.5 Å². The van der Waals surface area contributed by atoms with E-state index < -0.39 is 11.9 Å². The molecule has 1 aromatic heterocycles. The van der Waals surface area contributed by atoms with E-state index in [9.17, 15) is 18.0 Å². The molecule has 2 aromatic rings. The number of rotatable bonds is 4. The van der Waals surface area contributed by atoms with Gasteiger partial charge in [0.2, 0.25) is 5.91 Å². The van der Waals surface area contributed by atoms with E-state index in [2.05, 4.69) is 15.3 Å². The average molecular weight is 407 g/mol. The van der Waals surface area contributed by atoms with Crippen molar-refractivity contribution in [2.45, 2.75) is 55.9 Å². The van der Waals surface area contributed by atoms with E-state index in [1.807, 2.05) is 12.1 Å². The molecule has 0 atom stereocenters. The van der Waals surface area contributed by atoms with E-state index in [0.717, 1.165) is 43.0 Å². The fraction of sp³-hybridized carbons (Fsp3) is 0.450. The molecule has 0 bridgehead atoms. The summed E-state index contributed by atoms with van der Waals surface area (Å²) in [5.74, 6) is -0.180. The fourth-order valence-electron chi connectivity index (χ4n) is 3.92. The zero-order chi connectivity index (χ0) is 19.7. The molecule has 28 heavy (non-hydrogen) atoms. The van der Waals surface area contributed by atoms with Crippen molar-refractivity contribution in [1.29, 1.82) is 0 Å². The molecule has 0 radical (unpaired) electrons. The van der Waals surface area contributed by atoms with Crippen molar-refractivity contribution in [3.8, 4) is 11.3 Å². The monoisotopic (exact) mass is 407 g/mol. The lowest BCUT2D eigenvalue weighted by atomic mass is 9.88. The van der Waals surface area contributed by atoms with Gasteiger partial charge in [-0.1, -0.05) is 48.9 Å². The van der Waals surface area contributed by atoms with E-state index in [4.69, 9.17) is 0 Å². The number of alkyl halides is 3. The summed E-state index contributed by atoms with van der Waals surface area (Å²) in [4.78, 5) is 20.3. The molecule has 4 rings (SSSR count). The Morgan fingerprint density at radius 3 is 2.64 bits per heavy atom. The summed E-state index contributed by atoms with van der Waals surface area (Å²) in [5.41, 5.74) is 1.30. The first kappa shape index (κ1) is 19.2. The van der Waals surface area contributed by atoms with Crippen LogP contribution in [0.2, 0.25) is 0 Å². The maximum absolute atomic E-state index is 13.6. The Labute approximate surface area is 165 Å². The molecule has 1 aromatic carbocycles. The lowest BCUT2D eigenvalue weighted by Gasteiger charge is -2.22. The number of fused-ring (bicyclic) bond motifs is 3. The van der Waals surface area contributed by atoms with E-state index in [1.54, 1.807) is 12.1 Å². The summed E-state index contributed by atoms with van der Waals surface area (Å²) in [7, 11) is 0. The number of hydrogen-bond donors (Lipinski definition) is 1. The number of thioether (sulfide) groups is 1. The third-order valence-electron chi connectivity index (χ3n) is 5.22. The molecule has 0 unspecified atom stereocenters. The molecule has 1 amide bonds. The number of nitrogens with zero attached hydrogens (tertiary/aromatic N) is 2. The summed E-state index contributed by atoms with van der Waals surface area (Å²) in [6, 6.07) is 7.55. The minimum Gasteiger partial charge on any atom is -0.353 e. The SMILES string of the molecule is O=C(CSc1nc2c(c(C(F)(F)F)n1)CCc1ccccc1-2)NC1CCCC1. The Bertz CT molecular complexity index is 895. The first-order chi connectivity index (χ1) is 13.4. The molecule has 1 heterocycles. The minimum absolute atomic E-state index is 0.00817.